The quantitative estimate of drug-likeness (QED) is 0.741. The van der Waals surface area contributed by atoms with Crippen molar-refractivity contribution in [2.45, 2.75) is 39.7 Å². The molecule has 0 radical (unpaired) electrons. The second-order valence-corrected chi connectivity index (χ2v) is 4.82. The number of nitrogens with zero attached hydrogens (tertiary/aromatic N) is 1. The Morgan fingerprint density at radius 3 is 2.47 bits per heavy atom. The van der Waals surface area contributed by atoms with E-state index in [0.29, 0.717) is 19.1 Å². The monoisotopic (exact) mass is 243 g/mol. The molecule has 0 aromatic heterocycles. The van der Waals surface area contributed by atoms with E-state index < -0.39 is 5.97 Å². The Hall–Kier alpha value is -0.610. The molecular weight excluding hydrogens is 218 g/mol. The van der Waals surface area contributed by atoms with Gasteiger partial charge in [0.1, 0.15) is 0 Å². The SMILES string of the molecule is CCC(CC)CN(CC)C1COCC1C(=O)O. The normalized spacial score (nSPS) is 24.8. The number of ether oxygens (including phenoxy) is 1. The zero-order chi connectivity index (χ0) is 12.8. The molecule has 1 fully saturated rings. The first-order valence-corrected chi connectivity index (χ1v) is 6.68. The minimum Gasteiger partial charge on any atom is -0.481 e. The lowest BCUT2D eigenvalue weighted by atomic mass is 9.98. The maximum atomic E-state index is 11.2. The van der Waals surface area contributed by atoms with Gasteiger partial charge in [-0.25, -0.2) is 0 Å². The van der Waals surface area contributed by atoms with Crippen LogP contribution in [0.2, 0.25) is 0 Å². The van der Waals surface area contributed by atoms with Crippen LogP contribution in [-0.4, -0.2) is 48.3 Å². The van der Waals surface area contributed by atoms with Gasteiger partial charge in [-0.2, -0.15) is 0 Å². The highest BCUT2D eigenvalue weighted by molar-refractivity contribution is 5.71. The third-order valence-electron chi connectivity index (χ3n) is 3.89. The van der Waals surface area contributed by atoms with E-state index in [-0.39, 0.29) is 12.0 Å². The van der Waals surface area contributed by atoms with Crippen molar-refractivity contribution < 1.29 is 14.6 Å². The summed E-state index contributed by atoms with van der Waals surface area (Å²) in [6.07, 6.45) is 2.30. The van der Waals surface area contributed by atoms with E-state index in [2.05, 4.69) is 25.7 Å². The molecule has 0 aromatic carbocycles. The van der Waals surface area contributed by atoms with Crippen LogP contribution in [-0.2, 0) is 9.53 Å². The first kappa shape index (κ1) is 14.5. The molecule has 2 atom stereocenters. The van der Waals surface area contributed by atoms with Gasteiger partial charge in [-0.1, -0.05) is 33.6 Å². The molecule has 4 heteroatoms. The minimum absolute atomic E-state index is 0.0538. The van der Waals surface area contributed by atoms with Gasteiger partial charge < -0.3 is 9.84 Å². The molecule has 0 aliphatic carbocycles. The number of rotatable bonds is 7. The number of hydrogen-bond acceptors (Lipinski definition) is 3. The number of carboxylic acids is 1. The second kappa shape index (κ2) is 6.97. The number of aliphatic carboxylic acids is 1. The molecule has 1 N–H and O–H groups in total. The van der Waals surface area contributed by atoms with Gasteiger partial charge in [0.2, 0.25) is 0 Å². The maximum absolute atomic E-state index is 11.2. The molecule has 1 heterocycles. The standard InChI is InChI=1S/C13H25NO3/c1-4-10(5-2)7-14(6-3)12-9-17-8-11(12)13(15)16/h10-12H,4-9H2,1-3H3,(H,15,16). The third kappa shape index (κ3) is 3.68. The van der Waals surface area contributed by atoms with Gasteiger partial charge >= 0.3 is 5.97 Å². The van der Waals surface area contributed by atoms with Crippen molar-refractivity contribution in [2.24, 2.45) is 11.8 Å². The highest BCUT2D eigenvalue weighted by Crippen LogP contribution is 2.22. The lowest BCUT2D eigenvalue weighted by Gasteiger charge is -2.32. The molecule has 1 aliphatic rings. The van der Waals surface area contributed by atoms with Crippen molar-refractivity contribution in [1.82, 2.24) is 4.90 Å². The summed E-state index contributed by atoms with van der Waals surface area (Å²) >= 11 is 0. The number of likely N-dealkylation sites (N-methyl/N-ethyl adjacent to an activating group) is 1. The first-order valence-electron chi connectivity index (χ1n) is 6.68. The Labute approximate surface area is 104 Å². The van der Waals surface area contributed by atoms with E-state index >= 15 is 0 Å². The van der Waals surface area contributed by atoms with E-state index in [9.17, 15) is 4.79 Å². The zero-order valence-corrected chi connectivity index (χ0v) is 11.2. The van der Waals surface area contributed by atoms with Gasteiger partial charge in [0.25, 0.3) is 0 Å². The van der Waals surface area contributed by atoms with E-state index in [1.807, 2.05) is 0 Å². The highest BCUT2D eigenvalue weighted by atomic mass is 16.5. The van der Waals surface area contributed by atoms with Crippen LogP contribution in [0.15, 0.2) is 0 Å². The molecule has 2 unspecified atom stereocenters. The van der Waals surface area contributed by atoms with E-state index in [1.54, 1.807) is 0 Å². The Bertz CT molecular complexity index is 241. The molecule has 0 spiro atoms. The Morgan fingerprint density at radius 2 is 2.00 bits per heavy atom. The van der Waals surface area contributed by atoms with Gasteiger partial charge in [0, 0.05) is 12.6 Å². The summed E-state index contributed by atoms with van der Waals surface area (Å²) in [5, 5.41) is 9.17. The average Bonchev–Trinajstić information content (AvgIpc) is 2.80. The summed E-state index contributed by atoms with van der Waals surface area (Å²) in [7, 11) is 0. The fraction of sp³-hybridized carbons (Fsp3) is 0.923. The van der Waals surface area contributed by atoms with Crippen LogP contribution < -0.4 is 0 Å². The molecule has 0 saturated carbocycles. The largest absolute Gasteiger partial charge is 0.481 e. The Morgan fingerprint density at radius 1 is 1.35 bits per heavy atom. The summed E-state index contributed by atoms with van der Waals surface area (Å²) in [5.41, 5.74) is 0. The van der Waals surface area contributed by atoms with E-state index in [0.717, 1.165) is 25.9 Å². The van der Waals surface area contributed by atoms with Gasteiger partial charge in [0.05, 0.1) is 19.1 Å². The van der Waals surface area contributed by atoms with Crippen molar-refractivity contribution >= 4 is 5.97 Å². The summed E-state index contributed by atoms with van der Waals surface area (Å²) in [4.78, 5) is 13.4. The highest BCUT2D eigenvalue weighted by Gasteiger charge is 2.37. The van der Waals surface area contributed by atoms with Crippen LogP contribution >= 0.6 is 0 Å². The lowest BCUT2D eigenvalue weighted by Crippen LogP contribution is -2.45. The summed E-state index contributed by atoms with van der Waals surface area (Å²) in [6.45, 7) is 9.29. The van der Waals surface area contributed by atoms with Crippen LogP contribution in [0.5, 0.6) is 0 Å². The summed E-state index contributed by atoms with van der Waals surface area (Å²) < 4.78 is 5.34. The smallest absolute Gasteiger partial charge is 0.310 e. The van der Waals surface area contributed by atoms with Gasteiger partial charge in [-0.05, 0) is 12.5 Å². The molecule has 100 valence electrons. The second-order valence-electron chi connectivity index (χ2n) is 4.82. The summed E-state index contributed by atoms with van der Waals surface area (Å²) in [5.74, 6) is -0.426. The van der Waals surface area contributed by atoms with E-state index in [4.69, 9.17) is 9.84 Å². The van der Waals surface area contributed by atoms with E-state index in [1.165, 1.54) is 0 Å². The van der Waals surface area contributed by atoms with Crippen molar-refractivity contribution in [3.63, 3.8) is 0 Å². The van der Waals surface area contributed by atoms with Gasteiger partial charge in [-0.3, -0.25) is 9.69 Å². The summed E-state index contributed by atoms with van der Waals surface area (Å²) in [6, 6.07) is 0.0538. The van der Waals surface area contributed by atoms with Crippen LogP contribution in [0.4, 0.5) is 0 Å². The molecule has 0 amide bonds. The zero-order valence-electron chi connectivity index (χ0n) is 11.2. The first-order chi connectivity index (χ1) is 8.13. The predicted molar refractivity (Wildman–Crippen MR) is 67.1 cm³/mol. The van der Waals surface area contributed by atoms with Crippen molar-refractivity contribution in [2.75, 3.05) is 26.3 Å². The molecule has 1 rings (SSSR count). The van der Waals surface area contributed by atoms with Crippen LogP contribution in [0.25, 0.3) is 0 Å². The van der Waals surface area contributed by atoms with Gasteiger partial charge in [0.15, 0.2) is 0 Å². The molecule has 1 aliphatic heterocycles. The van der Waals surface area contributed by atoms with Crippen LogP contribution in [0.3, 0.4) is 0 Å². The van der Waals surface area contributed by atoms with Crippen molar-refractivity contribution in [1.29, 1.82) is 0 Å². The number of hydrogen-bond donors (Lipinski definition) is 1. The fourth-order valence-electron chi connectivity index (χ4n) is 2.52. The Balaban J connectivity index is 2.62. The molecule has 1 saturated heterocycles. The lowest BCUT2D eigenvalue weighted by molar-refractivity contribution is -0.143. The van der Waals surface area contributed by atoms with Crippen molar-refractivity contribution in [3.8, 4) is 0 Å². The minimum atomic E-state index is -0.726. The maximum Gasteiger partial charge on any atom is 0.310 e. The molecule has 17 heavy (non-hydrogen) atoms. The number of carbonyl (C=O) groups is 1. The molecule has 4 nitrogen and oxygen atoms in total. The molecule has 0 aromatic rings. The van der Waals surface area contributed by atoms with Gasteiger partial charge in [-0.15, -0.1) is 0 Å². The topological polar surface area (TPSA) is 49.8 Å². The van der Waals surface area contributed by atoms with Crippen molar-refractivity contribution in [3.05, 3.63) is 0 Å². The predicted octanol–water partition coefficient (Wildman–Crippen LogP) is 1.84. The van der Waals surface area contributed by atoms with Crippen LogP contribution in [0, 0.1) is 11.8 Å². The average molecular weight is 243 g/mol. The fourth-order valence-corrected chi connectivity index (χ4v) is 2.52. The third-order valence-corrected chi connectivity index (χ3v) is 3.89. The van der Waals surface area contributed by atoms with Crippen LogP contribution in [0.1, 0.15) is 33.6 Å². The molecule has 0 bridgehead atoms. The Kier molecular flexibility index (Phi) is 5.92. The number of carboxylic acid groups (broad SMARTS) is 1. The molecular formula is C13H25NO3.